The Hall–Kier alpha value is -2.03. The first-order chi connectivity index (χ1) is 20.5. The number of hydrogen-bond donors (Lipinski definition) is 2. The van der Waals surface area contributed by atoms with Crippen LogP contribution in [-0.2, 0) is 21.4 Å². The highest BCUT2D eigenvalue weighted by molar-refractivity contribution is 7.89. The van der Waals surface area contributed by atoms with Crippen molar-refractivity contribution in [2.75, 3.05) is 13.2 Å². The Kier molecular flexibility index (Phi) is 9.89. The zero-order valence-corrected chi connectivity index (χ0v) is 27.2. The van der Waals surface area contributed by atoms with Crippen LogP contribution in [0.2, 0.25) is 0 Å². The Morgan fingerprint density at radius 2 is 1.79 bits per heavy atom. The third kappa shape index (κ3) is 6.39. The fourth-order valence-electron chi connectivity index (χ4n) is 8.22. The van der Waals surface area contributed by atoms with E-state index in [9.17, 15) is 18.6 Å². The van der Waals surface area contributed by atoms with E-state index < -0.39 is 33.2 Å². The first-order valence-electron chi connectivity index (χ1n) is 16.3. The van der Waals surface area contributed by atoms with Crippen molar-refractivity contribution < 1.29 is 23.4 Å². The minimum absolute atomic E-state index is 0.0315. The summed E-state index contributed by atoms with van der Waals surface area (Å²) in [5.74, 6) is 0.126. The molecule has 1 saturated heterocycles. The molecule has 6 nitrogen and oxygen atoms in total. The molecule has 2 aliphatic carbocycles. The maximum Gasteiger partial charge on any atom is 0.243 e. The average molecular weight is 610 g/mol. The van der Waals surface area contributed by atoms with E-state index in [2.05, 4.69) is 26.8 Å². The van der Waals surface area contributed by atoms with Crippen LogP contribution in [0.15, 0.2) is 71.1 Å². The lowest BCUT2D eigenvalue weighted by Gasteiger charge is -2.66. The summed E-state index contributed by atoms with van der Waals surface area (Å²) in [6.07, 6.45) is 7.69. The van der Waals surface area contributed by atoms with Gasteiger partial charge in [-0.2, -0.15) is 4.31 Å². The molecule has 1 saturated carbocycles. The van der Waals surface area contributed by atoms with Crippen molar-refractivity contribution in [1.82, 2.24) is 4.31 Å². The molecule has 3 aliphatic rings. The van der Waals surface area contributed by atoms with Crippen LogP contribution in [0, 0.1) is 30.1 Å². The normalized spacial score (nSPS) is 31.7. The van der Waals surface area contributed by atoms with Crippen molar-refractivity contribution in [2.45, 2.75) is 108 Å². The van der Waals surface area contributed by atoms with E-state index in [4.69, 9.17) is 4.74 Å². The largest absolute Gasteiger partial charge is 0.389 e. The predicted molar refractivity (Wildman–Crippen MR) is 171 cm³/mol. The van der Waals surface area contributed by atoms with Gasteiger partial charge < -0.3 is 14.9 Å². The SMILES string of the molecule is Cc1ccc(S(=O)(=O)N2C[C@@H](CC3=CCCCC3O)C3(C)CCC(C(C)C)C2C3(O)CCCOCc2ccccc2)cc1. The Morgan fingerprint density at radius 1 is 1.07 bits per heavy atom. The molecular formula is C36H51NO5S. The molecule has 1 aliphatic heterocycles. The van der Waals surface area contributed by atoms with Gasteiger partial charge in [0.05, 0.1) is 29.2 Å². The number of sulfonamides is 1. The number of piperidine rings is 1. The highest BCUT2D eigenvalue weighted by Crippen LogP contribution is 2.61. The van der Waals surface area contributed by atoms with Gasteiger partial charge in [0, 0.05) is 18.6 Å². The molecule has 5 unspecified atom stereocenters. The van der Waals surface area contributed by atoms with Gasteiger partial charge >= 0.3 is 0 Å². The van der Waals surface area contributed by atoms with Crippen molar-refractivity contribution in [2.24, 2.45) is 23.2 Å². The predicted octanol–water partition coefficient (Wildman–Crippen LogP) is 6.65. The van der Waals surface area contributed by atoms with Crippen LogP contribution in [0.3, 0.4) is 0 Å². The van der Waals surface area contributed by atoms with Crippen molar-refractivity contribution in [3.63, 3.8) is 0 Å². The molecule has 5 rings (SSSR count). The van der Waals surface area contributed by atoms with Crippen LogP contribution >= 0.6 is 0 Å². The fraction of sp³-hybridized carbons (Fsp3) is 0.611. The van der Waals surface area contributed by atoms with Crippen LogP contribution in [0.1, 0.15) is 83.3 Å². The lowest BCUT2D eigenvalue weighted by atomic mass is 9.48. The summed E-state index contributed by atoms with van der Waals surface area (Å²) in [6, 6.07) is 16.6. The Bertz CT molecular complexity index is 1360. The van der Waals surface area contributed by atoms with Gasteiger partial charge in [-0.15, -0.1) is 0 Å². The van der Waals surface area contributed by atoms with Gasteiger partial charge in [-0.3, -0.25) is 0 Å². The molecular weight excluding hydrogens is 558 g/mol. The Labute approximate surface area is 259 Å². The maximum absolute atomic E-state index is 14.5. The van der Waals surface area contributed by atoms with Crippen molar-refractivity contribution >= 4 is 10.0 Å². The number of nitrogens with zero attached hydrogens (tertiary/aromatic N) is 1. The molecule has 2 bridgehead atoms. The molecule has 2 aromatic rings. The topological polar surface area (TPSA) is 87.1 Å². The van der Waals surface area contributed by atoms with Gasteiger partial charge in [0.2, 0.25) is 10.0 Å². The van der Waals surface area contributed by atoms with Crippen molar-refractivity contribution in [3.05, 3.63) is 77.4 Å². The number of fused-ring (bicyclic) bond motifs is 2. The zero-order valence-electron chi connectivity index (χ0n) is 26.4. The van der Waals surface area contributed by atoms with E-state index in [1.807, 2.05) is 49.4 Å². The number of aryl methyl sites for hydroxylation is 1. The smallest absolute Gasteiger partial charge is 0.243 e. The molecule has 2 fully saturated rings. The van der Waals surface area contributed by atoms with Gasteiger partial charge in [0.1, 0.15) is 0 Å². The quantitative estimate of drug-likeness (QED) is 0.220. The second-order valence-electron chi connectivity index (χ2n) is 13.9. The number of allylic oxidation sites excluding steroid dienone is 1. The summed E-state index contributed by atoms with van der Waals surface area (Å²) in [5, 5.41) is 24.0. The van der Waals surface area contributed by atoms with E-state index >= 15 is 0 Å². The van der Waals surface area contributed by atoms with Crippen LogP contribution in [0.25, 0.3) is 0 Å². The molecule has 236 valence electrons. The molecule has 1 heterocycles. The minimum atomic E-state index is -3.89. The van der Waals surface area contributed by atoms with Crippen LogP contribution < -0.4 is 0 Å². The average Bonchev–Trinajstić information content (AvgIpc) is 2.97. The first-order valence-corrected chi connectivity index (χ1v) is 17.7. The van der Waals surface area contributed by atoms with E-state index in [0.717, 1.165) is 48.8 Å². The van der Waals surface area contributed by atoms with Gasteiger partial charge in [-0.05, 0) is 99.3 Å². The van der Waals surface area contributed by atoms with Gasteiger partial charge in [-0.25, -0.2) is 8.42 Å². The van der Waals surface area contributed by atoms with Crippen LogP contribution in [-0.4, -0.2) is 53.8 Å². The van der Waals surface area contributed by atoms with Gasteiger partial charge in [0.25, 0.3) is 0 Å². The van der Waals surface area contributed by atoms with Crippen LogP contribution in [0.5, 0.6) is 0 Å². The third-order valence-corrected chi connectivity index (χ3v) is 12.8. The molecule has 0 spiro atoms. The number of hydrogen-bond acceptors (Lipinski definition) is 5. The number of benzene rings is 2. The summed E-state index contributed by atoms with van der Waals surface area (Å²) in [5.41, 5.74) is 1.38. The fourth-order valence-corrected chi connectivity index (χ4v) is 9.98. The molecule has 2 aromatic carbocycles. The highest BCUT2D eigenvalue weighted by atomic mass is 32.2. The lowest BCUT2D eigenvalue weighted by Crippen LogP contribution is -2.74. The molecule has 6 atom stereocenters. The van der Waals surface area contributed by atoms with Gasteiger partial charge in [-0.1, -0.05) is 74.9 Å². The van der Waals surface area contributed by atoms with E-state index in [1.54, 1.807) is 16.4 Å². The zero-order chi connectivity index (χ0) is 30.8. The van der Waals surface area contributed by atoms with Crippen LogP contribution in [0.4, 0.5) is 0 Å². The van der Waals surface area contributed by atoms with E-state index in [1.165, 1.54) is 0 Å². The third-order valence-electron chi connectivity index (χ3n) is 10.9. The molecule has 7 heteroatoms. The minimum Gasteiger partial charge on any atom is -0.389 e. The highest BCUT2D eigenvalue weighted by Gasteiger charge is 2.66. The molecule has 43 heavy (non-hydrogen) atoms. The lowest BCUT2D eigenvalue weighted by molar-refractivity contribution is -0.224. The second kappa shape index (κ2) is 13.1. The number of rotatable bonds is 11. The summed E-state index contributed by atoms with van der Waals surface area (Å²) < 4.78 is 36.8. The standard InChI is InChI=1S/C36H51NO5S/c1-26(2)32-19-21-35(4)30(23-29-13-8-9-14-33(29)38)24-37(43(40,41)31-17-15-27(3)16-18-31)34(32)36(35,39)20-10-22-42-25-28-11-6-5-7-12-28/h5-7,11-13,15-18,26,30,32-34,38-39H,8-10,14,19-25H2,1-4H3/t30-,32?,33?,34?,35?,36?/m1/s1. The van der Waals surface area contributed by atoms with E-state index in [0.29, 0.717) is 39.0 Å². The Balaban J connectivity index is 1.51. The number of aliphatic hydroxyl groups is 2. The molecule has 0 aromatic heterocycles. The van der Waals surface area contributed by atoms with Crippen molar-refractivity contribution in [1.29, 1.82) is 0 Å². The van der Waals surface area contributed by atoms with E-state index in [-0.39, 0.29) is 22.6 Å². The summed E-state index contributed by atoms with van der Waals surface area (Å²) in [7, 11) is -3.89. The summed E-state index contributed by atoms with van der Waals surface area (Å²) in [4.78, 5) is 0.277. The summed E-state index contributed by atoms with van der Waals surface area (Å²) >= 11 is 0. The second-order valence-corrected chi connectivity index (χ2v) is 15.8. The maximum atomic E-state index is 14.5. The summed E-state index contributed by atoms with van der Waals surface area (Å²) in [6.45, 7) is 9.81. The van der Waals surface area contributed by atoms with Crippen molar-refractivity contribution in [3.8, 4) is 0 Å². The monoisotopic (exact) mass is 609 g/mol. The van der Waals surface area contributed by atoms with Gasteiger partial charge in [0.15, 0.2) is 0 Å². The number of aliphatic hydroxyl groups excluding tert-OH is 1. The molecule has 2 N–H and O–H groups in total. The molecule has 0 radical (unpaired) electrons. The number of ether oxygens (including phenoxy) is 1. The Morgan fingerprint density at radius 3 is 2.47 bits per heavy atom. The molecule has 0 amide bonds. The first kappa shape index (κ1) is 32.4.